The van der Waals surface area contributed by atoms with E-state index in [4.69, 9.17) is 0 Å². The Labute approximate surface area is 133 Å². The Morgan fingerprint density at radius 1 is 1.36 bits per heavy atom. The lowest BCUT2D eigenvalue weighted by molar-refractivity contribution is -0.129. The van der Waals surface area contributed by atoms with Crippen molar-refractivity contribution < 1.29 is 19.5 Å². The van der Waals surface area contributed by atoms with Crippen LogP contribution in [-0.4, -0.2) is 34.3 Å². The number of anilines is 1. The molecule has 22 heavy (non-hydrogen) atoms. The zero-order valence-electron chi connectivity index (χ0n) is 12.9. The van der Waals surface area contributed by atoms with Crippen LogP contribution < -0.4 is 5.32 Å². The van der Waals surface area contributed by atoms with Gasteiger partial charge in [-0.1, -0.05) is 13.8 Å². The second kappa shape index (κ2) is 6.48. The molecule has 1 aliphatic rings. The van der Waals surface area contributed by atoms with Crippen molar-refractivity contribution in [1.82, 2.24) is 4.90 Å². The molecule has 0 saturated heterocycles. The lowest BCUT2D eigenvalue weighted by atomic mass is 10.0. The van der Waals surface area contributed by atoms with E-state index in [1.165, 1.54) is 18.3 Å². The summed E-state index contributed by atoms with van der Waals surface area (Å²) in [5, 5.41) is 12.6. The van der Waals surface area contributed by atoms with Gasteiger partial charge in [0.15, 0.2) is 0 Å². The van der Waals surface area contributed by atoms with Gasteiger partial charge in [0.25, 0.3) is 0 Å². The van der Waals surface area contributed by atoms with E-state index in [2.05, 4.69) is 5.32 Å². The summed E-state index contributed by atoms with van der Waals surface area (Å²) in [6.45, 7) is 6.29. The van der Waals surface area contributed by atoms with Gasteiger partial charge < -0.3 is 15.3 Å². The summed E-state index contributed by atoms with van der Waals surface area (Å²) in [4.78, 5) is 37.5. The molecular formula is C15H20N2O4S. The standard InChI is InChI=1S/C15H20N2O4S/c1-8(2)6-12(19)16-14-13(15(20)21)10-4-5-17(9(3)18)7-11(10)22-14/h8H,4-7H2,1-3H3,(H,16,19)(H,20,21). The number of carboxylic acid groups (broad SMARTS) is 1. The number of fused-ring (bicyclic) bond motifs is 1. The Morgan fingerprint density at radius 2 is 2.05 bits per heavy atom. The van der Waals surface area contributed by atoms with E-state index in [0.717, 1.165) is 10.4 Å². The van der Waals surface area contributed by atoms with E-state index in [-0.39, 0.29) is 23.3 Å². The average Bonchev–Trinajstić information content (AvgIpc) is 2.73. The fraction of sp³-hybridized carbons (Fsp3) is 0.533. The highest BCUT2D eigenvalue weighted by Gasteiger charge is 2.29. The monoisotopic (exact) mass is 324 g/mol. The molecule has 2 amide bonds. The SMILES string of the molecule is CC(=O)N1CCc2c(sc(NC(=O)CC(C)C)c2C(=O)O)C1. The predicted octanol–water partition coefficient (Wildman–Crippen LogP) is 2.34. The summed E-state index contributed by atoms with van der Waals surface area (Å²) in [6.07, 6.45) is 0.855. The highest BCUT2D eigenvalue weighted by atomic mass is 32.1. The topological polar surface area (TPSA) is 86.7 Å². The van der Waals surface area contributed by atoms with Crippen LogP contribution in [0.3, 0.4) is 0 Å². The Morgan fingerprint density at radius 3 is 2.59 bits per heavy atom. The van der Waals surface area contributed by atoms with Crippen LogP contribution in [-0.2, 0) is 22.6 Å². The summed E-state index contributed by atoms with van der Waals surface area (Å²) in [6, 6.07) is 0. The van der Waals surface area contributed by atoms with E-state index < -0.39 is 5.97 Å². The van der Waals surface area contributed by atoms with Gasteiger partial charge in [0.1, 0.15) is 5.00 Å². The van der Waals surface area contributed by atoms with E-state index in [0.29, 0.717) is 30.9 Å². The third-order valence-corrected chi connectivity index (χ3v) is 4.69. The number of rotatable bonds is 4. The van der Waals surface area contributed by atoms with Gasteiger partial charge in [0.2, 0.25) is 11.8 Å². The first-order valence-electron chi connectivity index (χ1n) is 7.22. The molecule has 7 heteroatoms. The number of carbonyl (C=O) groups is 3. The summed E-state index contributed by atoms with van der Waals surface area (Å²) in [7, 11) is 0. The normalized spacial score (nSPS) is 13.9. The highest BCUT2D eigenvalue weighted by Crippen LogP contribution is 2.37. The van der Waals surface area contributed by atoms with Crippen molar-refractivity contribution in [3.05, 3.63) is 16.0 Å². The summed E-state index contributed by atoms with van der Waals surface area (Å²) < 4.78 is 0. The molecule has 2 rings (SSSR count). The number of nitrogens with one attached hydrogen (secondary N) is 1. The maximum Gasteiger partial charge on any atom is 0.339 e. The van der Waals surface area contributed by atoms with Gasteiger partial charge >= 0.3 is 5.97 Å². The van der Waals surface area contributed by atoms with Crippen LogP contribution in [0, 0.1) is 5.92 Å². The van der Waals surface area contributed by atoms with Crippen molar-refractivity contribution in [2.45, 2.75) is 40.2 Å². The van der Waals surface area contributed by atoms with Crippen molar-refractivity contribution in [2.75, 3.05) is 11.9 Å². The number of thiophene rings is 1. The maximum absolute atomic E-state index is 11.9. The van der Waals surface area contributed by atoms with Gasteiger partial charge in [0, 0.05) is 24.8 Å². The molecule has 120 valence electrons. The number of nitrogens with zero attached hydrogens (tertiary/aromatic N) is 1. The molecule has 0 fully saturated rings. The van der Waals surface area contributed by atoms with E-state index in [9.17, 15) is 19.5 Å². The molecule has 0 atom stereocenters. The molecular weight excluding hydrogens is 304 g/mol. The number of amides is 2. The van der Waals surface area contributed by atoms with Crippen molar-refractivity contribution in [2.24, 2.45) is 5.92 Å². The van der Waals surface area contributed by atoms with Gasteiger partial charge in [-0.25, -0.2) is 4.79 Å². The van der Waals surface area contributed by atoms with Crippen molar-refractivity contribution >= 4 is 34.1 Å². The minimum Gasteiger partial charge on any atom is -0.478 e. The molecule has 6 nitrogen and oxygen atoms in total. The van der Waals surface area contributed by atoms with E-state index >= 15 is 0 Å². The van der Waals surface area contributed by atoms with Crippen LogP contribution in [0.15, 0.2) is 0 Å². The zero-order valence-corrected chi connectivity index (χ0v) is 13.7. The molecule has 1 aromatic heterocycles. The third kappa shape index (κ3) is 3.47. The molecule has 0 spiro atoms. The highest BCUT2D eigenvalue weighted by molar-refractivity contribution is 7.17. The molecule has 2 N–H and O–H groups in total. The van der Waals surface area contributed by atoms with Crippen LogP contribution in [0.4, 0.5) is 5.00 Å². The van der Waals surface area contributed by atoms with Crippen molar-refractivity contribution in [1.29, 1.82) is 0 Å². The van der Waals surface area contributed by atoms with Crippen LogP contribution in [0.2, 0.25) is 0 Å². The Balaban J connectivity index is 2.30. The molecule has 1 aliphatic heterocycles. The summed E-state index contributed by atoms with van der Waals surface area (Å²) >= 11 is 1.26. The number of carbonyl (C=O) groups excluding carboxylic acids is 2. The van der Waals surface area contributed by atoms with Crippen LogP contribution in [0.1, 0.15) is 48.0 Å². The predicted molar refractivity (Wildman–Crippen MR) is 84.2 cm³/mol. The first-order chi connectivity index (χ1) is 10.3. The number of carboxylic acids is 1. The van der Waals surface area contributed by atoms with Crippen LogP contribution in [0.25, 0.3) is 0 Å². The minimum atomic E-state index is -1.03. The smallest absolute Gasteiger partial charge is 0.339 e. The molecule has 1 aromatic rings. The quantitative estimate of drug-likeness (QED) is 0.890. The third-order valence-electron chi connectivity index (χ3n) is 3.56. The Bertz CT molecular complexity index is 621. The molecule has 0 unspecified atom stereocenters. The van der Waals surface area contributed by atoms with Crippen molar-refractivity contribution in [3.8, 4) is 0 Å². The van der Waals surface area contributed by atoms with E-state index in [1.807, 2.05) is 13.8 Å². The molecule has 2 heterocycles. The van der Waals surface area contributed by atoms with Gasteiger partial charge in [0.05, 0.1) is 12.1 Å². The first kappa shape index (κ1) is 16.5. The number of aromatic carboxylic acids is 1. The molecule has 0 radical (unpaired) electrons. The average molecular weight is 324 g/mol. The Hall–Kier alpha value is -1.89. The van der Waals surface area contributed by atoms with Gasteiger partial charge in [-0.05, 0) is 17.9 Å². The molecule has 0 saturated carbocycles. The maximum atomic E-state index is 11.9. The molecule has 0 aliphatic carbocycles. The van der Waals surface area contributed by atoms with Crippen LogP contribution in [0.5, 0.6) is 0 Å². The van der Waals surface area contributed by atoms with Crippen molar-refractivity contribution in [3.63, 3.8) is 0 Å². The van der Waals surface area contributed by atoms with Gasteiger partial charge in [-0.15, -0.1) is 11.3 Å². The first-order valence-corrected chi connectivity index (χ1v) is 8.04. The fourth-order valence-corrected chi connectivity index (χ4v) is 3.81. The van der Waals surface area contributed by atoms with Crippen LogP contribution >= 0.6 is 11.3 Å². The molecule has 0 bridgehead atoms. The lowest BCUT2D eigenvalue weighted by Crippen LogP contribution is -2.33. The second-order valence-electron chi connectivity index (χ2n) is 5.85. The number of hydrogen-bond acceptors (Lipinski definition) is 4. The second-order valence-corrected chi connectivity index (χ2v) is 6.95. The summed E-state index contributed by atoms with van der Waals surface area (Å²) in [5.74, 6) is -1.04. The fourth-order valence-electron chi connectivity index (χ4n) is 2.54. The number of hydrogen-bond donors (Lipinski definition) is 2. The lowest BCUT2D eigenvalue weighted by Gasteiger charge is -2.25. The Kier molecular flexibility index (Phi) is 4.85. The van der Waals surface area contributed by atoms with E-state index in [1.54, 1.807) is 4.90 Å². The molecule has 0 aromatic carbocycles. The largest absolute Gasteiger partial charge is 0.478 e. The van der Waals surface area contributed by atoms with Gasteiger partial charge in [-0.3, -0.25) is 9.59 Å². The zero-order chi connectivity index (χ0) is 16.4. The minimum absolute atomic E-state index is 0.0266. The summed E-state index contributed by atoms with van der Waals surface area (Å²) in [5.41, 5.74) is 0.926. The van der Waals surface area contributed by atoms with Gasteiger partial charge in [-0.2, -0.15) is 0 Å².